The number of terminal acetylenes is 1. The lowest BCUT2D eigenvalue weighted by atomic mass is 10.3. The molecule has 0 spiro atoms. The quantitative estimate of drug-likeness (QED) is 0.374. The van der Waals surface area contributed by atoms with Gasteiger partial charge in [-0.15, -0.1) is 12.3 Å². The summed E-state index contributed by atoms with van der Waals surface area (Å²) in [6.45, 7) is 0. The lowest BCUT2D eigenvalue weighted by Gasteiger charge is -1.90. The highest BCUT2D eigenvalue weighted by atomic mass is 16.1. The molecule has 0 aromatic heterocycles. The van der Waals surface area contributed by atoms with Gasteiger partial charge >= 0.3 is 0 Å². The van der Waals surface area contributed by atoms with Crippen molar-refractivity contribution in [2.45, 2.75) is 12.5 Å². The minimum atomic E-state index is -0.468. The van der Waals surface area contributed by atoms with Gasteiger partial charge in [-0.25, -0.2) is 0 Å². The molecule has 0 saturated carbocycles. The van der Waals surface area contributed by atoms with Crippen molar-refractivity contribution in [3.05, 3.63) is 0 Å². The van der Waals surface area contributed by atoms with Crippen molar-refractivity contribution in [1.29, 1.82) is 0 Å². The summed E-state index contributed by atoms with van der Waals surface area (Å²) in [7, 11) is 0. The monoisotopic (exact) mass is 97.1 g/mol. The van der Waals surface area contributed by atoms with Crippen molar-refractivity contribution in [2.24, 2.45) is 5.73 Å². The second kappa shape index (κ2) is 3.38. The fourth-order valence-corrected chi connectivity index (χ4v) is 0.184. The molecule has 0 rings (SSSR count). The van der Waals surface area contributed by atoms with E-state index < -0.39 is 6.04 Å². The molecule has 0 heterocycles. The van der Waals surface area contributed by atoms with Gasteiger partial charge < -0.3 is 10.5 Å². The number of hydrogen-bond acceptors (Lipinski definition) is 2. The molecule has 0 unspecified atom stereocenters. The third kappa shape index (κ3) is 3.01. The molecule has 2 N–H and O–H groups in total. The second-order valence-electron chi connectivity index (χ2n) is 1.21. The summed E-state index contributed by atoms with van der Waals surface area (Å²) >= 11 is 0. The molecule has 0 bridgehead atoms. The molecule has 0 fully saturated rings. The van der Waals surface area contributed by atoms with Crippen molar-refractivity contribution >= 4 is 6.29 Å². The summed E-state index contributed by atoms with van der Waals surface area (Å²) in [5, 5.41) is 0. The van der Waals surface area contributed by atoms with Crippen molar-refractivity contribution in [2.75, 3.05) is 0 Å². The number of carbonyl (C=O) groups excluding carboxylic acids is 1. The molecule has 0 radical (unpaired) electrons. The van der Waals surface area contributed by atoms with Gasteiger partial charge in [0.25, 0.3) is 0 Å². The molecule has 0 amide bonds. The highest BCUT2D eigenvalue weighted by Gasteiger charge is 1.91. The maximum atomic E-state index is 9.67. The predicted octanol–water partition coefficient (Wildman–Crippen LogP) is -0.464. The SMILES string of the molecule is C#CC[C@H](N)C=O. The fourth-order valence-electron chi connectivity index (χ4n) is 0.184. The summed E-state index contributed by atoms with van der Waals surface area (Å²) in [5.74, 6) is 2.26. The minimum absolute atomic E-state index is 0.337. The van der Waals surface area contributed by atoms with Crippen LogP contribution in [0.4, 0.5) is 0 Å². The van der Waals surface area contributed by atoms with Crippen molar-refractivity contribution in [3.8, 4) is 12.3 Å². The summed E-state index contributed by atoms with van der Waals surface area (Å²) < 4.78 is 0. The first-order valence-corrected chi connectivity index (χ1v) is 1.95. The van der Waals surface area contributed by atoms with E-state index in [4.69, 9.17) is 12.2 Å². The van der Waals surface area contributed by atoms with E-state index in [-0.39, 0.29) is 0 Å². The topological polar surface area (TPSA) is 43.1 Å². The molecule has 0 aromatic rings. The van der Waals surface area contributed by atoms with Crippen LogP contribution in [0.15, 0.2) is 0 Å². The Balaban J connectivity index is 3.21. The first-order valence-electron chi connectivity index (χ1n) is 1.95. The average Bonchev–Trinajstić information content (AvgIpc) is 1.68. The Labute approximate surface area is 42.7 Å². The molecule has 0 aliphatic heterocycles. The fraction of sp³-hybridized carbons (Fsp3) is 0.400. The van der Waals surface area contributed by atoms with Crippen LogP contribution < -0.4 is 5.73 Å². The van der Waals surface area contributed by atoms with Crippen LogP contribution >= 0.6 is 0 Å². The second-order valence-corrected chi connectivity index (χ2v) is 1.21. The van der Waals surface area contributed by atoms with Crippen LogP contribution in [0.3, 0.4) is 0 Å². The highest BCUT2D eigenvalue weighted by Crippen LogP contribution is 1.76. The zero-order valence-corrected chi connectivity index (χ0v) is 3.92. The minimum Gasteiger partial charge on any atom is -0.321 e. The largest absolute Gasteiger partial charge is 0.321 e. The Hall–Kier alpha value is -0.810. The number of rotatable bonds is 2. The van der Waals surface area contributed by atoms with E-state index in [0.29, 0.717) is 12.7 Å². The Morgan fingerprint density at radius 3 is 2.71 bits per heavy atom. The zero-order chi connectivity index (χ0) is 5.70. The normalized spacial score (nSPS) is 12.0. The number of aldehydes is 1. The first-order chi connectivity index (χ1) is 3.31. The Bertz CT molecular complexity index is 92.7. The standard InChI is InChI=1S/C5H7NO/c1-2-3-5(6)4-7/h1,4-5H,3,6H2/t5-/m0/s1. The predicted molar refractivity (Wildman–Crippen MR) is 27.5 cm³/mol. The van der Waals surface area contributed by atoms with E-state index >= 15 is 0 Å². The highest BCUT2D eigenvalue weighted by molar-refractivity contribution is 5.57. The average molecular weight is 97.1 g/mol. The van der Waals surface area contributed by atoms with Gasteiger partial charge in [0.2, 0.25) is 0 Å². The Morgan fingerprint density at radius 2 is 2.57 bits per heavy atom. The van der Waals surface area contributed by atoms with Gasteiger partial charge in [-0.2, -0.15) is 0 Å². The molecule has 1 atom stereocenters. The van der Waals surface area contributed by atoms with Gasteiger partial charge in [-0.05, 0) is 0 Å². The number of nitrogens with two attached hydrogens (primary N) is 1. The Kier molecular flexibility index (Phi) is 2.99. The third-order valence-corrected chi connectivity index (χ3v) is 0.528. The molecule has 38 valence electrons. The number of carbonyl (C=O) groups is 1. The van der Waals surface area contributed by atoms with Crippen LogP contribution in [-0.4, -0.2) is 12.3 Å². The lowest BCUT2D eigenvalue weighted by molar-refractivity contribution is -0.108. The number of hydrogen-bond donors (Lipinski definition) is 1. The summed E-state index contributed by atoms with van der Waals surface area (Å²) in [4.78, 5) is 9.67. The van der Waals surface area contributed by atoms with Gasteiger partial charge in [0.15, 0.2) is 0 Å². The van der Waals surface area contributed by atoms with Crippen LogP contribution in [0.5, 0.6) is 0 Å². The van der Waals surface area contributed by atoms with Crippen molar-refractivity contribution < 1.29 is 4.79 Å². The van der Waals surface area contributed by atoms with Gasteiger partial charge in [0, 0.05) is 6.42 Å². The van der Waals surface area contributed by atoms with Gasteiger partial charge in [-0.1, -0.05) is 0 Å². The Morgan fingerprint density at radius 1 is 2.00 bits per heavy atom. The molecular formula is C5H7NO. The van der Waals surface area contributed by atoms with Crippen molar-refractivity contribution in [1.82, 2.24) is 0 Å². The van der Waals surface area contributed by atoms with E-state index in [9.17, 15) is 4.79 Å². The lowest BCUT2D eigenvalue weighted by Crippen LogP contribution is -2.19. The van der Waals surface area contributed by atoms with E-state index in [2.05, 4.69) is 5.92 Å². The zero-order valence-electron chi connectivity index (χ0n) is 3.92. The van der Waals surface area contributed by atoms with Gasteiger partial charge in [0.05, 0.1) is 6.04 Å². The maximum Gasteiger partial charge on any atom is 0.137 e. The summed E-state index contributed by atoms with van der Waals surface area (Å²) in [5.41, 5.74) is 5.07. The van der Waals surface area contributed by atoms with E-state index in [0.717, 1.165) is 0 Å². The van der Waals surface area contributed by atoms with Gasteiger partial charge in [-0.3, -0.25) is 0 Å². The molecule has 0 aromatic carbocycles. The van der Waals surface area contributed by atoms with E-state index in [1.165, 1.54) is 0 Å². The van der Waals surface area contributed by atoms with E-state index in [1.54, 1.807) is 0 Å². The van der Waals surface area contributed by atoms with E-state index in [1.807, 2.05) is 0 Å². The third-order valence-electron chi connectivity index (χ3n) is 0.528. The molecule has 0 aliphatic rings. The van der Waals surface area contributed by atoms with Crippen LogP contribution in [0.2, 0.25) is 0 Å². The summed E-state index contributed by atoms with van der Waals surface area (Å²) in [6, 6.07) is -0.468. The van der Waals surface area contributed by atoms with Gasteiger partial charge in [0.1, 0.15) is 6.29 Å². The molecule has 0 saturated heterocycles. The first kappa shape index (κ1) is 6.19. The summed E-state index contributed by atoms with van der Waals surface area (Å²) in [6.07, 6.45) is 5.79. The molecule has 0 aliphatic carbocycles. The molecule has 2 nitrogen and oxygen atoms in total. The smallest absolute Gasteiger partial charge is 0.137 e. The molecule has 2 heteroatoms. The van der Waals surface area contributed by atoms with Crippen molar-refractivity contribution in [3.63, 3.8) is 0 Å². The van der Waals surface area contributed by atoms with Crippen LogP contribution in [0, 0.1) is 12.3 Å². The molecular weight excluding hydrogens is 90.1 g/mol. The maximum absolute atomic E-state index is 9.67. The molecule has 7 heavy (non-hydrogen) atoms. The van der Waals surface area contributed by atoms with Crippen LogP contribution in [0.1, 0.15) is 6.42 Å². The van der Waals surface area contributed by atoms with Crippen LogP contribution in [-0.2, 0) is 4.79 Å². The van der Waals surface area contributed by atoms with Crippen LogP contribution in [0.25, 0.3) is 0 Å².